The van der Waals surface area contributed by atoms with Crippen molar-refractivity contribution in [2.75, 3.05) is 0 Å². The summed E-state index contributed by atoms with van der Waals surface area (Å²) < 4.78 is 8.15. The minimum Gasteiger partial charge on any atom is -0.264 e. The lowest BCUT2D eigenvalue weighted by molar-refractivity contribution is 0.472. The number of aromatic nitrogens is 9. The quantitative estimate of drug-likeness (QED) is 0.306. The molecule has 5 aromatic rings. The molecule has 192 valence electrons. The van der Waals surface area contributed by atoms with Crippen LogP contribution in [0.3, 0.4) is 0 Å². The standard InChI is InChI=1S/C28H35N9/c1-19-12-23(5)34(30-19)16-25-8-7-9-26(29-25)17-35-27(14-21(3)31-35)10-11-28-15-22(4)33-37(28)18-36-24(6)13-20(2)32-36/h7-9,12-15H,10-11,16-18H2,1-6H3. The van der Waals surface area contributed by atoms with Gasteiger partial charge in [-0.3, -0.25) is 14.3 Å². The Hall–Kier alpha value is -4.01. The van der Waals surface area contributed by atoms with Gasteiger partial charge in [-0.25, -0.2) is 9.36 Å². The summed E-state index contributed by atoms with van der Waals surface area (Å²) >= 11 is 0. The van der Waals surface area contributed by atoms with Gasteiger partial charge in [0.1, 0.15) is 6.67 Å². The summed E-state index contributed by atoms with van der Waals surface area (Å²) in [5.74, 6) is 0. The van der Waals surface area contributed by atoms with Crippen LogP contribution in [0.1, 0.15) is 56.9 Å². The molecule has 5 aromatic heterocycles. The fourth-order valence-corrected chi connectivity index (χ4v) is 4.91. The van der Waals surface area contributed by atoms with Gasteiger partial charge in [-0.1, -0.05) is 6.07 Å². The van der Waals surface area contributed by atoms with Crippen LogP contribution >= 0.6 is 0 Å². The SMILES string of the molecule is Cc1cc(C)n(Cc2cccc(Cn3nc(C)cc3CCc3cc(C)nn3Cn3nc(C)cc3C)n2)n1. The van der Waals surface area contributed by atoms with Crippen molar-refractivity contribution in [1.29, 1.82) is 0 Å². The molecule has 0 saturated heterocycles. The van der Waals surface area contributed by atoms with E-state index in [9.17, 15) is 0 Å². The summed E-state index contributed by atoms with van der Waals surface area (Å²) in [5, 5.41) is 18.7. The summed E-state index contributed by atoms with van der Waals surface area (Å²) in [6, 6.07) is 14.7. The molecule has 0 N–H and O–H groups in total. The van der Waals surface area contributed by atoms with Gasteiger partial charge >= 0.3 is 0 Å². The molecule has 0 aliphatic rings. The first-order valence-corrected chi connectivity index (χ1v) is 12.8. The van der Waals surface area contributed by atoms with Gasteiger partial charge in [-0.2, -0.15) is 20.4 Å². The van der Waals surface area contributed by atoms with E-state index in [0.29, 0.717) is 19.8 Å². The highest BCUT2D eigenvalue weighted by Crippen LogP contribution is 2.14. The maximum atomic E-state index is 4.91. The first-order chi connectivity index (χ1) is 17.7. The molecule has 0 bridgehead atoms. The first kappa shape index (κ1) is 24.7. The molecule has 0 saturated carbocycles. The Balaban J connectivity index is 1.30. The second kappa shape index (κ2) is 10.2. The Morgan fingerprint density at radius 3 is 1.57 bits per heavy atom. The van der Waals surface area contributed by atoms with E-state index in [1.165, 1.54) is 11.4 Å². The van der Waals surface area contributed by atoms with Gasteiger partial charge in [0.05, 0.1) is 47.3 Å². The van der Waals surface area contributed by atoms with E-state index in [2.05, 4.69) is 75.9 Å². The molecule has 5 rings (SSSR count). The van der Waals surface area contributed by atoms with Crippen LogP contribution in [0.5, 0.6) is 0 Å². The van der Waals surface area contributed by atoms with Crippen LogP contribution in [0.4, 0.5) is 0 Å². The summed E-state index contributed by atoms with van der Waals surface area (Å²) in [7, 11) is 0. The highest BCUT2D eigenvalue weighted by atomic mass is 15.4. The topological polar surface area (TPSA) is 84.2 Å². The Bertz CT molecular complexity index is 1530. The van der Waals surface area contributed by atoms with Gasteiger partial charge in [0.2, 0.25) is 0 Å². The van der Waals surface area contributed by atoms with E-state index < -0.39 is 0 Å². The van der Waals surface area contributed by atoms with Gasteiger partial charge in [0.25, 0.3) is 0 Å². The fraction of sp³-hybridized carbons (Fsp3) is 0.393. The summed E-state index contributed by atoms with van der Waals surface area (Å²) in [6.45, 7) is 14.2. The van der Waals surface area contributed by atoms with Crippen molar-refractivity contribution in [1.82, 2.24) is 44.1 Å². The average Bonchev–Trinajstić information content (AvgIpc) is 3.54. The van der Waals surface area contributed by atoms with Crippen molar-refractivity contribution in [2.24, 2.45) is 0 Å². The van der Waals surface area contributed by atoms with Crippen molar-refractivity contribution in [3.05, 3.63) is 99.4 Å². The second-order valence-electron chi connectivity index (χ2n) is 9.98. The average molecular weight is 498 g/mol. The van der Waals surface area contributed by atoms with E-state index in [4.69, 9.17) is 15.2 Å². The van der Waals surface area contributed by atoms with Crippen LogP contribution < -0.4 is 0 Å². The number of nitrogens with zero attached hydrogens (tertiary/aromatic N) is 9. The van der Waals surface area contributed by atoms with Gasteiger partial charge in [0, 0.05) is 22.8 Å². The van der Waals surface area contributed by atoms with E-state index in [-0.39, 0.29) is 0 Å². The Morgan fingerprint density at radius 2 is 1.00 bits per heavy atom. The molecule has 0 aliphatic heterocycles. The number of rotatable bonds is 9. The van der Waals surface area contributed by atoms with E-state index in [1.54, 1.807) is 0 Å². The zero-order chi connectivity index (χ0) is 26.1. The minimum atomic E-state index is 0.618. The third-order valence-electron chi connectivity index (χ3n) is 6.57. The molecule has 9 heteroatoms. The molecule has 37 heavy (non-hydrogen) atoms. The van der Waals surface area contributed by atoms with Crippen molar-refractivity contribution < 1.29 is 0 Å². The molecule has 0 spiro atoms. The number of aryl methyl sites for hydroxylation is 8. The van der Waals surface area contributed by atoms with Gasteiger partial charge in [0.15, 0.2) is 0 Å². The lowest BCUT2D eigenvalue weighted by Gasteiger charge is -2.11. The van der Waals surface area contributed by atoms with Crippen LogP contribution in [0.15, 0.2) is 42.5 Å². The molecule has 0 atom stereocenters. The first-order valence-electron chi connectivity index (χ1n) is 12.8. The highest BCUT2D eigenvalue weighted by molar-refractivity contribution is 5.18. The van der Waals surface area contributed by atoms with Crippen molar-refractivity contribution in [2.45, 2.75) is 74.1 Å². The Morgan fingerprint density at radius 1 is 0.541 bits per heavy atom. The van der Waals surface area contributed by atoms with Gasteiger partial charge in [-0.05, 0) is 90.8 Å². The van der Waals surface area contributed by atoms with Crippen LogP contribution in [0, 0.1) is 41.5 Å². The van der Waals surface area contributed by atoms with Crippen LogP contribution in [0.2, 0.25) is 0 Å². The lowest BCUT2D eigenvalue weighted by atomic mass is 10.1. The zero-order valence-electron chi connectivity index (χ0n) is 22.6. The number of pyridine rings is 1. The molecule has 0 aliphatic carbocycles. The van der Waals surface area contributed by atoms with Crippen LogP contribution in [-0.4, -0.2) is 44.1 Å². The van der Waals surface area contributed by atoms with E-state index >= 15 is 0 Å². The number of hydrogen-bond donors (Lipinski definition) is 0. The van der Waals surface area contributed by atoms with Crippen LogP contribution in [0.25, 0.3) is 0 Å². The molecular weight excluding hydrogens is 462 g/mol. The molecule has 0 amide bonds. The van der Waals surface area contributed by atoms with E-state index in [1.807, 2.05) is 37.1 Å². The maximum Gasteiger partial charge on any atom is 0.133 e. The summed E-state index contributed by atoms with van der Waals surface area (Å²) in [5.41, 5.74) is 10.7. The fourth-order valence-electron chi connectivity index (χ4n) is 4.91. The Kier molecular flexibility index (Phi) is 6.78. The molecule has 5 heterocycles. The van der Waals surface area contributed by atoms with Gasteiger partial charge < -0.3 is 0 Å². The predicted molar refractivity (Wildman–Crippen MR) is 143 cm³/mol. The summed E-state index contributed by atoms with van der Waals surface area (Å²) in [4.78, 5) is 4.91. The molecule has 9 nitrogen and oxygen atoms in total. The molecule has 0 fully saturated rings. The zero-order valence-corrected chi connectivity index (χ0v) is 22.6. The summed E-state index contributed by atoms with van der Waals surface area (Å²) in [6.07, 6.45) is 1.74. The molecular formula is C28H35N9. The molecule has 0 unspecified atom stereocenters. The minimum absolute atomic E-state index is 0.618. The predicted octanol–water partition coefficient (Wildman–Crippen LogP) is 4.11. The van der Waals surface area contributed by atoms with Crippen LogP contribution in [-0.2, 0) is 32.6 Å². The molecule has 0 aromatic carbocycles. The second-order valence-corrected chi connectivity index (χ2v) is 9.98. The normalized spacial score (nSPS) is 11.5. The third-order valence-corrected chi connectivity index (χ3v) is 6.57. The smallest absolute Gasteiger partial charge is 0.133 e. The maximum absolute atomic E-state index is 4.91. The largest absolute Gasteiger partial charge is 0.264 e. The van der Waals surface area contributed by atoms with Crippen molar-refractivity contribution in [3.63, 3.8) is 0 Å². The highest BCUT2D eigenvalue weighted by Gasteiger charge is 2.13. The molecule has 0 radical (unpaired) electrons. The van der Waals surface area contributed by atoms with Crippen molar-refractivity contribution in [3.8, 4) is 0 Å². The Labute approximate surface area is 217 Å². The lowest BCUT2D eigenvalue weighted by Crippen LogP contribution is -2.16. The third kappa shape index (κ3) is 5.71. The van der Waals surface area contributed by atoms with E-state index in [0.717, 1.165) is 58.4 Å². The van der Waals surface area contributed by atoms with Gasteiger partial charge in [-0.15, -0.1) is 0 Å². The number of hydrogen-bond acceptors (Lipinski definition) is 5. The van der Waals surface area contributed by atoms with Crippen molar-refractivity contribution >= 4 is 0 Å². The monoisotopic (exact) mass is 497 g/mol.